The summed E-state index contributed by atoms with van der Waals surface area (Å²) in [6.07, 6.45) is 5.18. The average molecular weight is 197 g/mol. The Morgan fingerprint density at radius 1 is 1.50 bits per heavy atom. The molecule has 0 aliphatic carbocycles. The molecule has 0 spiro atoms. The number of rotatable bonds is 2. The van der Waals surface area contributed by atoms with Gasteiger partial charge in [0, 0.05) is 18.5 Å². The van der Waals surface area contributed by atoms with Crippen LogP contribution in [0.5, 0.6) is 0 Å². The number of hydrogen-bond acceptors (Lipinski definition) is 2. The quantitative estimate of drug-likeness (QED) is 0.725. The summed E-state index contributed by atoms with van der Waals surface area (Å²) in [7, 11) is 0. The highest BCUT2D eigenvalue weighted by Gasteiger charge is 2.40. The number of aliphatic hydroxyl groups is 1. The molecule has 0 bridgehead atoms. The minimum atomic E-state index is -0.182. The van der Waals surface area contributed by atoms with Gasteiger partial charge in [0.05, 0.1) is 6.10 Å². The summed E-state index contributed by atoms with van der Waals surface area (Å²) >= 11 is 0. The molecule has 0 aromatic rings. The van der Waals surface area contributed by atoms with Gasteiger partial charge in [-0.05, 0) is 25.7 Å². The number of carbonyl (C=O) groups is 1. The van der Waals surface area contributed by atoms with E-state index in [0.29, 0.717) is 24.4 Å². The van der Waals surface area contributed by atoms with Gasteiger partial charge >= 0.3 is 0 Å². The zero-order chi connectivity index (χ0) is 10.1. The molecule has 0 aromatic carbocycles. The van der Waals surface area contributed by atoms with Gasteiger partial charge in [0.15, 0.2) is 0 Å². The summed E-state index contributed by atoms with van der Waals surface area (Å²) in [4.78, 5) is 13.7. The summed E-state index contributed by atoms with van der Waals surface area (Å²) in [6, 6.07) is 0.645. The van der Waals surface area contributed by atoms with Crippen LogP contribution in [0.4, 0.5) is 0 Å². The fraction of sp³-hybridized carbons (Fsp3) is 0.909. The van der Waals surface area contributed by atoms with Gasteiger partial charge < -0.3 is 10.0 Å². The van der Waals surface area contributed by atoms with E-state index in [4.69, 9.17) is 0 Å². The van der Waals surface area contributed by atoms with E-state index < -0.39 is 0 Å². The third-order valence-corrected chi connectivity index (χ3v) is 3.48. The van der Waals surface area contributed by atoms with Gasteiger partial charge in [0.25, 0.3) is 0 Å². The van der Waals surface area contributed by atoms with Crippen LogP contribution in [0.2, 0.25) is 0 Å². The van der Waals surface area contributed by atoms with E-state index in [1.807, 2.05) is 0 Å². The number of piperidine rings is 1. The van der Waals surface area contributed by atoms with Crippen LogP contribution in [-0.4, -0.2) is 34.1 Å². The van der Waals surface area contributed by atoms with E-state index in [9.17, 15) is 9.90 Å². The maximum atomic E-state index is 11.6. The van der Waals surface area contributed by atoms with Crippen LogP contribution in [0.1, 0.15) is 45.4 Å². The van der Waals surface area contributed by atoms with Crippen LogP contribution in [-0.2, 0) is 4.79 Å². The normalized spacial score (nSPS) is 37.4. The van der Waals surface area contributed by atoms with Gasteiger partial charge in [-0.2, -0.15) is 0 Å². The lowest BCUT2D eigenvalue weighted by Gasteiger charge is -2.40. The van der Waals surface area contributed by atoms with E-state index in [2.05, 4.69) is 11.8 Å². The Labute approximate surface area is 85.1 Å². The smallest absolute Gasteiger partial charge is 0.223 e. The molecule has 0 radical (unpaired) electrons. The molecule has 3 atom stereocenters. The lowest BCUT2D eigenvalue weighted by atomic mass is 9.92. The maximum Gasteiger partial charge on any atom is 0.223 e. The summed E-state index contributed by atoms with van der Waals surface area (Å²) in [5, 5.41) is 9.70. The molecule has 14 heavy (non-hydrogen) atoms. The summed E-state index contributed by atoms with van der Waals surface area (Å²) in [6.45, 7) is 2.14. The lowest BCUT2D eigenvalue weighted by Crippen LogP contribution is -2.49. The Balaban J connectivity index is 2.09. The molecular formula is C11H19NO2. The van der Waals surface area contributed by atoms with Crippen molar-refractivity contribution in [3.05, 3.63) is 0 Å². The minimum absolute atomic E-state index is 0.182. The Morgan fingerprint density at radius 2 is 2.29 bits per heavy atom. The molecule has 2 aliphatic heterocycles. The van der Waals surface area contributed by atoms with E-state index in [1.165, 1.54) is 0 Å². The predicted molar refractivity (Wildman–Crippen MR) is 53.8 cm³/mol. The molecule has 1 N–H and O–H groups in total. The maximum absolute atomic E-state index is 11.6. The number of nitrogens with zero attached hydrogens (tertiary/aromatic N) is 1. The molecule has 3 nitrogen and oxygen atoms in total. The van der Waals surface area contributed by atoms with Crippen molar-refractivity contribution in [2.75, 3.05) is 0 Å². The molecule has 2 fully saturated rings. The van der Waals surface area contributed by atoms with Gasteiger partial charge in [0.2, 0.25) is 5.91 Å². The lowest BCUT2D eigenvalue weighted by molar-refractivity contribution is -0.134. The van der Waals surface area contributed by atoms with Crippen molar-refractivity contribution in [2.45, 2.75) is 63.6 Å². The molecule has 2 saturated heterocycles. The first-order valence-corrected chi connectivity index (χ1v) is 5.71. The zero-order valence-corrected chi connectivity index (χ0v) is 8.78. The van der Waals surface area contributed by atoms with Crippen molar-refractivity contribution in [3.63, 3.8) is 0 Å². The number of aliphatic hydroxyl groups excluding tert-OH is 1. The minimum Gasteiger partial charge on any atom is -0.393 e. The van der Waals surface area contributed by atoms with E-state index in [-0.39, 0.29) is 6.10 Å². The second-order valence-corrected chi connectivity index (χ2v) is 4.56. The van der Waals surface area contributed by atoms with Crippen molar-refractivity contribution in [1.82, 2.24) is 4.90 Å². The third-order valence-electron chi connectivity index (χ3n) is 3.48. The number of hydrogen-bond donors (Lipinski definition) is 1. The van der Waals surface area contributed by atoms with Gasteiger partial charge in [-0.1, -0.05) is 13.3 Å². The van der Waals surface area contributed by atoms with Crippen LogP contribution in [0.3, 0.4) is 0 Å². The Kier molecular flexibility index (Phi) is 2.77. The van der Waals surface area contributed by atoms with Crippen molar-refractivity contribution in [3.8, 4) is 0 Å². The first-order chi connectivity index (χ1) is 6.72. The van der Waals surface area contributed by atoms with Crippen LogP contribution in [0.25, 0.3) is 0 Å². The van der Waals surface area contributed by atoms with Crippen LogP contribution in [0, 0.1) is 0 Å². The first-order valence-electron chi connectivity index (χ1n) is 5.71. The standard InChI is InChI=1S/C11H19NO2/c1-2-3-8-6-10(13)7-9-4-5-11(14)12(8)9/h8-10,13H,2-7H2,1H3/t8-,9+,10+/m0/s1. The van der Waals surface area contributed by atoms with Crippen LogP contribution in [0.15, 0.2) is 0 Å². The SMILES string of the molecule is CCC[C@H]1C[C@@H](O)C[C@H]2CCC(=O)N21. The zero-order valence-electron chi connectivity index (χ0n) is 8.78. The molecule has 1 amide bonds. The van der Waals surface area contributed by atoms with Crippen molar-refractivity contribution >= 4 is 5.91 Å². The molecule has 0 saturated carbocycles. The Bertz CT molecular complexity index is 229. The molecule has 0 unspecified atom stereocenters. The topological polar surface area (TPSA) is 40.5 Å². The predicted octanol–water partition coefficient (Wildman–Crippen LogP) is 1.30. The number of fused-ring (bicyclic) bond motifs is 1. The molecule has 2 aliphatic rings. The van der Waals surface area contributed by atoms with E-state index >= 15 is 0 Å². The molecular weight excluding hydrogens is 178 g/mol. The fourth-order valence-corrected chi connectivity index (χ4v) is 2.92. The highest BCUT2D eigenvalue weighted by molar-refractivity contribution is 5.79. The average Bonchev–Trinajstić information content (AvgIpc) is 2.48. The Morgan fingerprint density at radius 3 is 3.00 bits per heavy atom. The largest absolute Gasteiger partial charge is 0.393 e. The second-order valence-electron chi connectivity index (χ2n) is 4.56. The van der Waals surface area contributed by atoms with E-state index in [1.54, 1.807) is 0 Å². The molecule has 80 valence electrons. The van der Waals surface area contributed by atoms with Crippen molar-refractivity contribution in [1.29, 1.82) is 0 Å². The van der Waals surface area contributed by atoms with Gasteiger partial charge in [-0.3, -0.25) is 4.79 Å². The molecule has 0 aromatic heterocycles. The molecule has 2 rings (SSSR count). The summed E-state index contributed by atoms with van der Waals surface area (Å²) in [5.74, 6) is 0.306. The fourth-order valence-electron chi connectivity index (χ4n) is 2.92. The highest BCUT2D eigenvalue weighted by Crippen LogP contribution is 2.33. The summed E-state index contributed by atoms with van der Waals surface area (Å²) in [5.41, 5.74) is 0. The molecule has 3 heteroatoms. The van der Waals surface area contributed by atoms with Gasteiger partial charge in [0.1, 0.15) is 0 Å². The third kappa shape index (κ3) is 1.65. The van der Waals surface area contributed by atoms with Gasteiger partial charge in [-0.25, -0.2) is 0 Å². The number of amides is 1. The highest BCUT2D eigenvalue weighted by atomic mass is 16.3. The summed E-state index contributed by atoms with van der Waals surface area (Å²) < 4.78 is 0. The molecule has 2 heterocycles. The monoisotopic (exact) mass is 197 g/mol. The first kappa shape index (κ1) is 9.97. The second kappa shape index (κ2) is 3.89. The van der Waals surface area contributed by atoms with Crippen LogP contribution < -0.4 is 0 Å². The van der Waals surface area contributed by atoms with Crippen LogP contribution >= 0.6 is 0 Å². The van der Waals surface area contributed by atoms with Gasteiger partial charge in [-0.15, -0.1) is 0 Å². The number of carbonyl (C=O) groups excluding carboxylic acids is 1. The van der Waals surface area contributed by atoms with Crippen molar-refractivity contribution in [2.24, 2.45) is 0 Å². The Hall–Kier alpha value is -0.570. The van der Waals surface area contributed by atoms with Crippen molar-refractivity contribution < 1.29 is 9.90 Å². The van der Waals surface area contributed by atoms with E-state index in [0.717, 1.165) is 32.1 Å².